The first-order valence-electron chi connectivity index (χ1n) is 6.02. The zero-order valence-electron chi connectivity index (χ0n) is 11.5. The van der Waals surface area contributed by atoms with Gasteiger partial charge in [-0.15, -0.1) is 0 Å². The number of halogens is 4. The Morgan fingerprint density at radius 3 is 1.91 bits per heavy atom. The van der Waals surface area contributed by atoms with Crippen LogP contribution in [0.1, 0.15) is 15.9 Å². The Labute approximate surface area is 156 Å². The molecule has 0 aliphatic heterocycles. The van der Waals surface area contributed by atoms with E-state index in [1.807, 2.05) is 24.3 Å². The largest absolute Gasteiger partial charge is 0.504 e. The molecule has 0 fully saturated rings. The van der Waals surface area contributed by atoms with Crippen LogP contribution in [-0.4, -0.2) is 13.4 Å². The average molecular weight is 467 g/mol. The number of carbonyl (C=O) groups is 1. The van der Waals surface area contributed by atoms with Crippen LogP contribution in [0.5, 0.6) is 0 Å². The zero-order chi connectivity index (χ0) is 16.5. The molecule has 2 nitrogen and oxygen atoms in total. The molecule has 0 radical (unpaired) electrons. The molecule has 0 aliphatic carbocycles. The Balaban J connectivity index is 0.000000224. The predicted molar refractivity (Wildman–Crippen MR) is 99.7 cm³/mol. The van der Waals surface area contributed by atoms with Crippen molar-refractivity contribution in [2.24, 2.45) is 0 Å². The van der Waals surface area contributed by atoms with E-state index in [-0.39, 0.29) is 0 Å². The molecule has 0 saturated heterocycles. The molecule has 0 atom stereocenters. The molecule has 0 unspecified atom stereocenters. The highest BCUT2D eigenvalue weighted by molar-refractivity contribution is 9.10. The Kier molecular flexibility index (Phi) is 8.79. The van der Waals surface area contributed by atoms with Crippen LogP contribution >= 0.6 is 55.1 Å². The smallest absolute Gasteiger partial charge is 0.150 e. The second kappa shape index (κ2) is 10.1. The van der Waals surface area contributed by atoms with Gasteiger partial charge in [0.15, 0.2) is 0 Å². The highest BCUT2D eigenvalue weighted by atomic mass is 79.9. The fourth-order valence-corrected chi connectivity index (χ4v) is 2.22. The summed E-state index contributed by atoms with van der Waals surface area (Å²) in [5, 5.41) is 1.26. The lowest BCUT2D eigenvalue weighted by Gasteiger charge is -1.97. The van der Waals surface area contributed by atoms with Crippen LogP contribution in [0, 0.1) is 0 Å². The average Bonchev–Trinajstić information content (AvgIpc) is 2.52. The van der Waals surface area contributed by atoms with Crippen molar-refractivity contribution >= 4 is 67.4 Å². The van der Waals surface area contributed by atoms with E-state index in [0.29, 0.717) is 15.6 Å². The van der Waals surface area contributed by atoms with Crippen molar-refractivity contribution in [1.29, 1.82) is 0 Å². The topological polar surface area (TPSA) is 26.3 Å². The van der Waals surface area contributed by atoms with Gasteiger partial charge in [0, 0.05) is 14.5 Å². The van der Waals surface area contributed by atoms with Crippen molar-refractivity contribution < 1.29 is 9.53 Å². The van der Waals surface area contributed by atoms with E-state index >= 15 is 0 Å². The Morgan fingerprint density at radius 2 is 1.45 bits per heavy atom. The first kappa shape index (κ1) is 19.2. The summed E-state index contributed by atoms with van der Waals surface area (Å²) in [6.07, 6.45) is 4.22. The fraction of sp³-hybridized carbons (Fsp3) is 0.0625. The third kappa shape index (κ3) is 6.53. The minimum Gasteiger partial charge on any atom is -0.504 e. The van der Waals surface area contributed by atoms with Gasteiger partial charge in [-0.3, -0.25) is 4.79 Å². The lowest BCUT2D eigenvalue weighted by atomic mass is 10.2. The van der Waals surface area contributed by atoms with Gasteiger partial charge < -0.3 is 4.74 Å². The van der Waals surface area contributed by atoms with Gasteiger partial charge >= 0.3 is 0 Å². The number of benzene rings is 2. The van der Waals surface area contributed by atoms with Crippen LogP contribution in [0.15, 0.2) is 51.6 Å². The molecule has 22 heavy (non-hydrogen) atoms. The molecule has 116 valence electrons. The molecule has 0 bridgehead atoms. The molecule has 0 amide bonds. The first-order chi connectivity index (χ1) is 10.5. The van der Waals surface area contributed by atoms with Crippen molar-refractivity contribution in [2.75, 3.05) is 7.11 Å². The van der Waals surface area contributed by atoms with Crippen LogP contribution in [0.2, 0.25) is 10.0 Å². The summed E-state index contributed by atoms with van der Waals surface area (Å²) in [5.74, 6) is 0. The first-order valence-corrected chi connectivity index (χ1v) is 8.36. The van der Waals surface area contributed by atoms with E-state index in [9.17, 15) is 4.79 Å². The van der Waals surface area contributed by atoms with Gasteiger partial charge in [0.2, 0.25) is 0 Å². The van der Waals surface area contributed by atoms with Gasteiger partial charge in [-0.05, 0) is 67.8 Å². The van der Waals surface area contributed by atoms with E-state index in [4.69, 9.17) is 27.9 Å². The number of carbonyl (C=O) groups excluding carboxylic acids is 1. The monoisotopic (exact) mass is 464 g/mol. The normalized spacial score (nSPS) is 10.0. The number of aldehydes is 1. The van der Waals surface area contributed by atoms with Crippen molar-refractivity contribution in [2.45, 2.75) is 0 Å². The van der Waals surface area contributed by atoms with Crippen molar-refractivity contribution in [3.8, 4) is 0 Å². The molecule has 0 N–H and O–H groups in total. The van der Waals surface area contributed by atoms with Crippen molar-refractivity contribution in [1.82, 2.24) is 0 Å². The number of hydrogen-bond donors (Lipinski definition) is 0. The highest BCUT2D eigenvalue weighted by Crippen LogP contribution is 2.23. The second-order valence-corrected chi connectivity index (χ2v) is 6.53. The lowest BCUT2D eigenvalue weighted by molar-refractivity contribution is 0.112. The molecular weight excluding hydrogens is 455 g/mol. The van der Waals surface area contributed by atoms with Gasteiger partial charge in [0.1, 0.15) is 6.29 Å². The van der Waals surface area contributed by atoms with E-state index in [2.05, 4.69) is 31.9 Å². The molecule has 2 aromatic rings. The maximum atomic E-state index is 10.2. The molecule has 0 heterocycles. The number of ether oxygens (including phenoxy) is 1. The number of rotatable bonds is 3. The van der Waals surface area contributed by atoms with Crippen molar-refractivity contribution in [3.63, 3.8) is 0 Å². The molecule has 0 aromatic heterocycles. The van der Waals surface area contributed by atoms with Crippen LogP contribution < -0.4 is 0 Å². The summed E-state index contributed by atoms with van der Waals surface area (Å²) >= 11 is 18.1. The Hall–Kier alpha value is -0.810. The molecule has 6 heteroatoms. The van der Waals surface area contributed by atoms with E-state index in [0.717, 1.165) is 20.8 Å². The molecule has 0 saturated carbocycles. The number of hydrogen-bond acceptors (Lipinski definition) is 2. The molecular formula is C16H12Br2Cl2O2. The van der Waals surface area contributed by atoms with Gasteiger partial charge in [0.25, 0.3) is 0 Å². The van der Waals surface area contributed by atoms with Gasteiger partial charge in [-0.1, -0.05) is 35.3 Å². The van der Waals surface area contributed by atoms with Gasteiger partial charge in [-0.25, -0.2) is 0 Å². The maximum absolute atomic E-state index is 10.2. The van der Waals surface area contributed by atoms with Crippen LogP contribution in [0.4, 0.5) is 0 Å². The highest BCUT2D eigenvalue weighted by Gasteiger charge is 1.96. The summed E-state index contributed by atoms with van der Waals surface area (Å²) < 4.78 is 6.49. The molecule has 0 spiro atoms. The Bertz CT molecular complexity index is 673. The van der Waals surface area contributed by atoms with E-state index in [1.54, 1.807) is 31.6 Å². The SMILES string of the molecule is CO/C=C/c1ccc(Br)c(Cl)c1.O=Cc1ccc(Br)c(Cl)c1. The summed E-state index contributed by atoms with van der Waals surface area (Å²) in [7, 11) is 1.61. The lowest BCUT2D eigenvalue weighted by Crippen LogP contribution is -1.78. The quantitative estimate of drug-likeness (QED) is 0.374. The number of methoxy groups -OCH3 is 1. The third-order valence-corrected chi connectivity index (χ3v) is 4.88. The predicted octanol–water partition coefficient (Wildman–Crippen LogP) is 6.63. The van der Waals surface area contributed by atoms with Crippen LogP contribution in [0.3, 0.4) is 0 Å². The fourth-order valence-electron chi connectivity index (χ4n) is 1.35. The van der Waals surface area contributed by atoms with Crippen LogP contribution in [-0.2, 0) is 4.74 Å². The van der Waals surface area contributed by atoms with Crippen LogP contribution in [0.25, 0.3) is 6.08 Å². The summed E-state index contributed by atoms with van der Waals surface area (Å²) in [6.45, 7) is 0. The molecule has 2 rings (SSSR count). The minimum atomic E-state index is 0.560. The second-order valence-electron chi connectivity index (χ2n) is 4.00. The van der Waals surface area contributed by atoms with Crippen molar-refractivity contribution in [3.05, 3.63) is 72.8 Å². The third-order valence-electron chi connectivity index (χ3n) is 2.42. The van der Waals surface area contributed by atoms with E-state index in [1.165, 1.54) is 0 Å². The summed E-state index contributed by atoms with van der Waals surface area (Å²) in [5.41, 5.74) is 1.61. The maximum Gasteiger partial charge on any atom is 0.150 e. The minimum absolute atomic E-state index is 0.560. The molecule has 2 aromatic carbocycles. The summed E-state index contributed by atoms with van der Waals surface area (Å²) in [4.78, 5) is 10.2. The summed E-state index contributed by atoms with van der Waals surface area (Å²) in [6, 6.07) is 10.8. The Morgan fingerprint density at radius 1 is 0.955 bits per heavy atom. The van der Waals surface area contributed by atoms with Gasteiger partial charge in [0.05, 0.1) is 23.4 Å². The van der Waals surface area contributed by atoms with Gasteiger partial charge in [-0.2, -0.15) is 0 Å². The van der Waals surface area contributed by atoms with E-state index < -0.39 is 0 Å². The standard InChI is InChI=1S/C9H8BrClO.C7H4BrClO/c1-12-5-4-7-2-3-8(10)9(11)6-7;8-6-2-1-5(4-10)3-7(6)9/h2-6H,1H3;1-4H/b5-4+;. The molecule has 0 aliphatic rings. The zero-order valence-corrected chi connectivity index (χ0v) is 16.2.